The standard InChI is InChI=1S/C17H18N4O3/c1-3-11-4-6-12(7-5-11)14-10-15(24-20-14)18-17(23)13-8-9-16(22)21(2)19-13/h4-7,10H,3,8-9H2,1-2H3,(H,18,23). The van der Waals surface area contributed by atoms with E-state index in [0.29, 0.717) is 17.8 Å². The van der Waals surface area contributed by atoms with Crippen molar-refractivity contribution in [3.8, 4) is 11.3 Å². The molecule has 3 rings (SSSR count). The smallest absolute Gasteiger partial charge is 0.274 e. The molecule has 0 atom stereocenters. The predicted molar refractivity (Wildman–Crippen MR) is 89.4 cm³/mol. The van der Waals surface area contributed by atoms with E-state index in [0.717, 1.165) is 12.0 Å². The van der Waals surface area contributed by atoms with Gasteiger partial charge in [-0.05, 0) is 12.0 Å². The molecule has 0 fully saturated rings. The Morgan fingerprint density at radius 3 is 2.71 bits per heavy atom. The molecule has 0 aliphatic carbocycles. The van der Waals surface area contributed by atoms with Crippen LogP contribution >= 0.6 is 0 Å². The second-order valence-electron chi connectivity index (χ2n) is 5.55. The van der Waals surface area contributed by atoms with Gasteiger partial charge < -0.3 is 4.52 Å². The Balaban J connectivity index is 1.70. The first-order chi connectivity index (χ1) is 11.6. The molecule has 1 N–H and O–H groups in total. The molecule has 0 saturated carbocycles. The van der Waals surface area contributed by atoms with E-state index in [4.69, 9.17) is 4.52 Å². The zero-order valence-electron chi connectivity index (χ0n) is 13.6. The van der Waals surface area contributed by atoms with E-state index >= 15 is 0 Å². The van der Waals surface area contributed by atoms with Crippen LogP contribution in [0.3, 0.4) is 0 Å². The number of hydrazone groups is 1. The second kappa shape index (κ2) is 6.66. The largest absolute Gasteiger partial charge is 0.338 e. The third-order valence-electron chi connectivity index (χ3n) is 3.87. The van der Waals surface area contributed by atoms with Gasteiger partial charge in [-0.15, -0.1) is 0 Å². The molecule has 1 aromatic carbocycles. The molecule has 7 nitrogen and oxygen atoms in total. The lowest BCUT2D eigenvalue weighted by molar-refractivity contribution is -0.130. The Kier molecular flexibility index (Phi) is 4.41. The maximum absolute atomic E-state index is 12.2. The summed E-state index contributed by atoms with van der Waals surface area (Å²) in [6, 6.07) is 9.66. The first-order valence-electron chi connectivity index (χ1n) is 7.78. The van der Waals surface area contributed by atoms with Gasteiger partial charge in [0.15, 0.2) is 0 Å². The first-order valence-corrected chi connectivity index (χ1v) is 7.78. The maximum atomic E-state index is 12.2. The molecule has 7 heteroatoms. The van der Waals surface area contributed by atoms with Gasteiger partial charge in [0.05, 0.1) is 0 Å². The Bertz CT molecular complexity index is 792. The van der Waals surface area contributed by atoms with Crippen molar-refractivity contribution in [1.82, 2.24) is 10.2 Å². The molecule has 2 heterocycles. The molecule has 1 aromatic heterocycles. The van der Waals surface area contributed by atoms with Crippen molar-refractivity contribution in [2.24, 2.45) is 5.10 Å². The topological polar surface area (TPSA) is 87.8 Å². The molecule has 0 spiro atoms. The third kappa shape index (κ3) is 3.34. The molecule has 2 amide bonds. The van der Waals surface area contributed by atoms with Gasteiger partial charge in [-0.25, -0.2) is 5.01 Å². The third-order valence-corrected chi connectivity index (χ3v) is 3.87. The second-order valence-corrected chi connectivity index (χ2v) is 5.55. The van der Waals surface area contributed by atoms with E-state index in [-0.39, 0.29) is 18.2 Å². The lowest BCUT2D eigenvalue weighted by atomic mass is 10.1. The number of aromatic nitrogens is 1. The summed E-state index contributed by atoms with van der Waals surface area (Å²) >= 11 is 0. The number of nitrogens with one attached hydrogen (secondary N) is 1. The average Bonchev–Trinajstić information content (AvgIpc) is 3.06. The van der Waals surface area contributed by atoms with Crippen LogP contribution in [0.2, 0.25) is 0 Å². The van der Waals surface area contributed by atoms with E-state index in [1.807, 2.05) is 24.3 Å². The van der Waals surface area contributed by atoms with Gasteiger partial charge in [0.25, 0.3) is 5.91 Å². The minimum absolute atomic E-state index is 0.107. The van der Waals surface area contributed by atoms with Crippen LogP contribution in [0.5, 0.6) is 0 Å². The Morgan fingerprint density at radius 1 is 1.29 bits per heavy atom. The highest BCUT2D eigenvalue weighted by atomic mass is 16.5. The van der Waals surface area contributed by atoms with E-state index in [1.54, 1.807) is 6.07 Å². The molecule has 1 aliphatic rings. The van der Waals surface area contributed by atoms with Gasteiger partial charge in [-0.2, -0.15) is 5.10 Å². The normalized spacial score (nSPS) is 14.5. The van der Waals surface area contributed by atoms with Crippen LogP contribution in [0.1, 0.15) is 25.3 Å². The van der Waals surface area contributed by atoms with Crippen molar-refractivity contribution in [3.05, 3.63) is 35.9 Å². The van der Waals surface area contributed by atoms with Crippen LogP contribution in [0.25, 0.3) is 11.3 Å². The summed E-state index contributed by atoms with van der Waals surface area (Å²) in [4.78, 5) is 23.6. The van der Waals surface area contributed by atoms with Gasteiger partial charge in [0, 0.05) is 31.5 Å². The highest BCUT2D eigenvalue weighted by molar-refractivity contribution is 6.43. The zero-order chi connectivity index (χ0) is 17.1. The fourth-order valence-corrected chi connectivity index (χ4v) is 2.40. The molecule has 24 heavy (non-hydrogen) atoms. The summed E-state index contributed by atoms with van der Waals surface area (Å²) in [5.41, 5.74) is 3.09. The van der Waals surface area contributed by atoms with Crippen molar-refractivity contribution < 1.29 is 14.1 Å². The number of anilines is 1. The molecule has 1 aliphatic heterocycles. The number of carbonyl (C=O) groups excluding carboxylic acids is 2. The number of amides is 2. The van der Waals surface area contributed by atoms with Crippen LogP contribution in [0.15, 0.2) is 40.0 Å². The fourth-order valence-electron chi connectivity index (χ4n) is 2.40. The molecule has 124 valence electrons. The highest BCUT2D eigenvalue weighted by Crippen LogP contribution is 2.22. The maximum Gasteiger partial charge on any atom is 0.274 e. The SMILES string of the molecule is CCc1ccc(-c2cc(NC(=O)C3=NN(C)C(=O)CC3)on2)cc1. The number of benzene rings is 1. The van der Waals surface area contributed by atoms with Gasteiger partial charge >= 0.3 is 0 Å². The molecular formula is C17H18N4O3. The number of carbonyl (C=O) groups is 2. The van der Waals surface area contributed by atoms with Gasteiger partial charge in [0.2, 0.25) is 11.8 Å². The van der Waals surface area contributed by atoms with Crippen molar-refractivity contribution in [1.29, 1.82) is 0 Å². The van der Waals surface area contributed by atoms with E-state index in [1.165, 1.54) is 17.6 Å². The molecular weight excluding hydrogens is 308 g/mol. The first kappa shape index (κ1) is 15.9. The minimum atomic E-state index is -0.390. The Morgan fingerprint density at radius 2 is 2.04 bits per heavy atom. The summed E-state index contributed by atoms with van der Waals surface area (Å²) in [7, 11) is 1.53. The van der Waals surface area contributed by atoms with Crippen LogP contribution in [-0.4, -0.2) is 34.7 Å². The monoisotopic (exact) mass is 326 g/mol. The van der Waals surface area contributed by atoms with E-state index in [2.05, 4.69) is 22.5 Å². The highest BCUT2D eigenvalue weighted by Gasteiger charge is 2.22. The summed E-state index contributed by atoms with van der Waals surface area (Å²) in [6.45, 7) is 2.09. The van der Waals surface area contributed by atoms with Crippen molar-refractivity contribution in [2.75, 3.05) is 12.4 Å². The number of hydrogen-bond donors (Lipinski definition) is 1. The number of nitrogens with zero attached hydrogens (tertiary/aromatic N) is 3. The lowest BCUT2D eigenvalue weighted by Crippen LogP contribution is -2.34. The molecule has 0 unspecified atom stereocenters. The van der Waals surface area contributed by atoms with Gasteiger partial charge in [-0.1, -0.05) is 36.3 Å². The molecule has 0 saturated heterocycles. The van der Waals surface area contributed by atoms with Crippen molar-refractivity contribution in [3.63, 3.8) is 0 Å². The summed E-state index contributed by atoms with van der Waals surface area (Å²) < 4.78 is 5.17. The molecule has 0 bridgehead atoms. The van der Waals surface area contributed by atoms with E-state index in [9.17, 15) is 9.59 Å². The van der Waals surface area contributed by atoms with Crippen LogP contribution in [-0.2, 0) is 16.0 Å². The fraction of sp³-hybridized carbons (Fsp3) is 0.294. The quantitative estimate of drug-likeness (QED) is 0.935. The van der Waals surface area contributed by atoms with Crippen molar-refractivity contribution in [2.45, 2.75) is 26.2 Å². The lowest BCUT2D eigenvalue weighted by Gasteiger charge is -2.18. The summed E-state index contributed by atoms with van der Waals surface area (Å²) in [5.74, 6) is -0.251. The molecule has 0 radical (unpaired) electrons. The molecule has 2 aromatic rings. The zero-order valence-corrected chi connectivity index (χ0v) is 13.6. The van der Waals surface area contributed by atoms with Crippen LogP contribution < -0.4 is 5.32 Å². The summed E-state index contributed by atoms with van der Waals surface area (Å²) in [5, 5.41) is 11.7. The van der Waals surface area contributed by atoms with Crippen LogP contribution in [0, 0.1) is 0 Å². The number of aryl methyl sites for hydroxylation is 1. The minimum Gasteiger partial charge on any atom is -0.338 e. The van der Waals surface area contributed by atoms with Crippen LogP contribution in [0.4, 0.5) is 5.88 Å². The van der Waals surface area contributed by atoms with Crippen molar-refractivity contribution >= 4 is 23.4 Å². The Hall–Kier alpha value is -2.96. The predicted octanol–water partition coefficient (Wildman–Crippen LogP) is 2.45. The number of hydrogen-bond acceptors (Lipinski definition) is 5. The van der Waals surface area contributed by atoms with Gasteiger partial charge in [-0.3, -0.25) is 14.9 Å². The van der Waals surface area contributed by atoms with E-state index < -0.39 is 5.91 Å². The van der Waals surface area contributed by atoms with Gasteiger partial charge in [0.1, 0.15) is 11.4 Å². The number of rotatable bonds is 4. The summed E-state index contributed by atoms with van der Waals surface area (Å²) in [6.07, 6.45) is 1.56. The Labute approximate surface area is 139 Å². The average molecular weight is 326 g/mol.